The van der Waals surface area contributed by atoms with Crippen molar-refractivity contribution in [2.75, 3.05) is 6.54 Å². The van der Waals surface area contributed by atoms with E-state index in [9.17, 15) is 0 Å². The van der Waals surface area contributed by atoms with Gasteiger partial charge in [-0.25, -0.2) is 0 Å². The molecule has 96 valence electrons. The van der Waals surface area contributed by atoms with Gasteiger partial charge in [0.15, 0.2) is 6.61 Å². The van der Waals surface area contributed by atoms with Gasteiger partial charge in [0.1, 0.15) is 5.75 Å². The van der Waals surface area contributed by atoms with E-state index >= 15 is 0 Å². The van der Waals surface area contributed by atoms with Gasteiger partial charge >= 0.3 is 0 Å². The van der Waals surface area contributed by atoms with Crippen LogP contribution in [0.2, 0.25) is 0 Å². The Hall–Kier alpha value is -1.88. The van der Waals surface area contributed by atoms with Crippen molar-refractivity contribution in [1.82, 2.24) is 10.1 Å². The van der Waals surface area contributed by atoms with Crippen LogP contribution in [0.5, 0.6) is 5.75 Å². The minimum Gasteiger partial charge on any atom is -0.485 e. The summed E-state index contributed by atoms with van der Waals surface area (Å²) in [4.78, 5) is 4.18. The lowest BCUT2D eigenvalue weighted by Gasteiger charge is -2.07. The molecule has 0 saturated carbocycles. The Balaban J connectivity index is 1.99. The Morgan fingerprint density at radius 1 is 1.33 bits per heavy atom. The highest BCUT2D eigenvalue weighted by atomic mass is 16.5. The molecule has 0 atom stereocenters. The summed E-state index contributed by atoms with van der Waals surface area (Å²) in [5, 5.41) is 3.84. The maximum Gasteiger partial charge on any atom is 0.228 e. The monoisotopic (exact) mass is 247 g/mol. The van der Waals surface area contributed by atoms with E-state index in [1.165, 1.54) is 0 Å². The molecule has 5 nitrogen and oxygen atoms in total. The van der Waals surface area contributed by atoms with Crippen molar-refractivity contribution in [2.45, 2.75) is 26.9 Å². The molecule has 2 rings (SSSR count). The van der Waals surface area contributed by atoms with E-state index in [2.05, 4.69) is 16.2 Å². The minimum absolute atomic E-state index is 0.304. The third kappa shape index (κ3) is 3.07. The number of hydrogen-bond donors (Lipinski definition) is 1. The van der Waals surface area contributed by atoms with Crippen LogP contribution in [0.25, 0.3) is 0 Å². The maximum absolute atomic E-state index is 5.68. The van der Waals surface area contributed by atoms with E-state index < -0.39 is 0 Å². The molecule has 2 N–H and O–H groups in total. The van der Waals surface area contributed by atoms with Gasteiger partial charge in [-0.3, -0.25) is 0 Å². The molecule has 18 heavy (non-hydrogen) atoms. The summed E-state index contributed by atoms with van der Waals surface area (Å²) < 4.78 is 10.7. The van der Waals surface area contributed by atoms with Crippen LogP contribution >= 0.6 is 0 Å². The first-order valence-electron chi connectivity index (χ1n) is 5.90. The summed E-state index contributed by atoms with van der Waals surface area (Å²) >= 11 is 0. The van der Waals surface area contributed by atoms with Crippen molar-refractivity contribution < 1.29 is 9.26 Å². The number of benzene rings is 1. The molecule has 2 aromatic rings. The first-order chi connectivity index (χ1) is 8.69. The van der Waals surface area contributed by atoms with E-state index in [1.54, 1.807) is 0 Å². The van der Waals surface area contributed by atoms with Crippen molar-refractivity contribution >= 4 is 0 Å². The van der Waals surface area contributed by atoms with E-state index in [1.807, 2.05) is 26.0 Å². The SMILES string of the molecule is Cc1ccc(C)c(OCc2noc(CCN)n2)c1. The number of aryl methyl sites for hydroxylation is 2. The molecular formula is C13H17N3O2. The average molecular weight is 247 g/mol. The molecule has 0 aliphatic carbocycles. The molecule has 0 radical (unpaired) electrons. The molecule has 1 heterocycles. The van der Waals surface area contributed by atoms with Crippen LogP contribution in [0.1, 0.15) is 22.8 Å². The fraction of sp³-hybridized carbons (Fsp3) is 0.385. The maximum atomic E-state index is 5.68. The zero-order valence-corrected chi connectivity index (χ0v) is 10.6. The number of nitrogens with two attached hydrogens (primary N) is 1. The van der Waals surface area contributed by atoms with Crippen molar-refractivity contribution in [3.63, 3.8) is 0 Å². The van der Waals surface area contributed by atoms with Gasteiger partial charge in [0.25, 0.3) is 0 Å². The fourth-order valence-corrected chi connectivity index (χ4v) is 1.58. The van der Waals surface area contributed by atoms with Gasteiger partial charge in [-0.2, -0.15) is 4.98 Å². The lowest BCUT2D eigenvalue weighted by Crippen LogP contribution is -2.03. The molecule has 0 aliphatic heterocycles. The zero-order valence-electron chi connectivity index (χ0n) is 10.6. The quantitative estimate of drug-likeness (QED) is 0.871. The third-order valence-corrected chi connectivity index (χ3v) is 2.57. The Morgan fingerprint density at radius 2 is 2.17 bits per heavy atom. The van der Waals surface area contributed by atoms with Gasteiger partial charge < -0.3 is 15.0 Å². The summed E-state index contributed by atoms with van der Waals surface area (Å²) in [5.41, 5.74) is 7.66. The molecule has 5 heteroatoms. The molecule has 0 spiro atoms. The second-order valence-corrected chi connectivity index (χ2v) is 4.20. The first-order valence-corrected chi connectivity index (χ1v) is 5.90. The van der Waals surface area contributed by atoms with Crippen molar-refractivity contribution in [2.24, 2.45) is 5.73 Å². The van der Waals surface area contributed by atoms with E-state index in [0.717, 1.165) is 16.9 Å². The Labute approximate surface area is 106 Å². The van der Waals surface area contributed by atoms with Gasteiger partial charge in [-0.15, -0.1) is 0 Å². The molecule has 0 amide bonds. The number of nitrogens with zero attached hydrogens (tertiary/aromatic N) is 2. The lowest BCUT2D eigenvalue weighted by atomic mass is 10.1. The minimum atomic E-state index is 0.304. The van der Waals surface area contributed by atoms with Crippen LogP contribution in [-0.2, 0) is 13.0 Å². The van der Waals surface area contributed by atoms with Crippen LogP contribution in [-0.4, -0.2) is 16.7 Å². The summed E-state index contributed by atoms with van der Waals surface area (Å²) in [6.45, 7) is 4.84. The number of ether oxygens (including phenoxy) is 1. The van der Waals surface area contributed by atoms with Crippen LogP contribution in [0.15, 0.2) is 22.7 Å². The molecule has 1 aromatic carbocycles. The van der Waals surface area contributed by atoms with Crippen LogP contribution in [0.3, 0.4) is 0 Å². The number of aromatic nitrogens is 2. The number of rotatable bonds is 5. The molecule has 0 bridgehead atoms. The summed E-state index contributed by atoms with van der Waals surface area (Å²) in [7, 11) is 0. The largest absolute Gasteiger partial charge is 0.485 e. The highest BCUT2D eigenvalue weighted by Gasteiger charge is 2.07. The summed E-state index contributed by atoms with van der Waals surface area (Å²) in [5.74, 6) is 1.94. The topological polar surface area (TPSA) is 74.2 Å². The van der Waals surface area contributed by atoms with Gasteiger partial charge in [-0.1, -0.05) is 17.3 Å². The fourth-order valence-electron chi connectivity index (χ4n) is 1.58. The lowest BCUT2D eigenvalue weighted by molar-refractivity contribution is 0.283. The second kappa shape index (κ2) is 5.64. The van der Waals surface area contributed by atoms with Crippen LogP contribution < -0.4 is 10.5 Å². The highest BCUT2D eigenvalue weighted by molar-refractivity contribution is 5.35. The van der Waals surface area contributed by atoms with Crippen molar-refractivity contribution in [3.05, 3.63) is 41.0 Å². The molecule has 0 unspecified atom stereocenters. The Kier molecular flexibility index (Phi) is 3.94. The molecular weight excluding hydrogens is 230 g/mol. The molecule has 1 aromatic heterocycles. The van der Waals surface area contributed by atoms with Crippen LogP contribution in [0.4, 0.5) is 0 Å². The van der Waals surface area contributed by atoms with Crippen molar-refractivity contribution in [1.29, 1.82) is 0 Å². The summed E-state index contributed by atoms with van der Waals surface area (Å²) in [6.07, 6.45) is 0.594. The summed E-state index contributed by atoms with van der Waals surface area (Å²) in [6, 6.07) is 6.08. The van der Waals surface area contributed by atoms with E-state index in [-0.39, 0.29) is 0 Å². The highest BCUT2D eigenvalue weighted by Crippen LogP contribution is 2.19. The molecule has 0 fully saturated rings. The molecule has 0 aliphatic rings. The third-order valence-electron chi connectivity index (χ3n) is 2.57. The standard InChI is InChI=1S/C13H17N3O2/c1-9-3-4-10(2)11(7-9)17-8-12-15-13(5-6-14)18-16-12/h3-4,7H,5-6,8,14H2,1-2H3. The number of hydrogen-bond acceptors (Lipinski definition) is 5. The predicted octanol–water partition coefficient (Wildman–Crippen LogP) is 1.77. The Morgan fingerprint density at radius 3 is 2.94 bits per heavy atom. The zero-order chi connectivity index (χ0) is 13.0. The average Bonchev–Trinajstić information content (AvgIpc) is 2.79. The predicted molar refractivity (Wildman–Crippen MR) is 67.3 cm³/mol. The van der Waals surface area contributed by atoms with Crippen LogP contribution in [0, 0.1) is 13.8 Å². The Bertz CT molecular complexity index is 523. The normalized spacial score (nSPS) is 10.6. The van der Waals surface area contributed by atoms with Gasteiger partial charge in [0.05, 0.1) is 0 Å². The first kappa shape index (κ1) is 12.6. The second-order valence-electron chi connectivity index (χ2n) is 4.20. The van der Waals surface area contributed by atoms with E-state index in [0.29, 0.717) is 31.3 Å². The van der Waals surface area contributed by atoms with Gasteiger partial charge in [0, 0.05) is 13.0 Å². The van der Waals surface area contributed by atoms with E-state index in [4.69, 9.17) is 15.0 Å². The van der Waals surface area contributed by atoms with Gasteiger partial charge in [0.2, 0.25) is 11.7 Å². The molecule has 0 saturated heterocycles. The van der Waals surface area contributed by atoms with Crippen molar-refractivity contribution in [3.8, 4) is 5.75 Å². The smallest absolute Gasteiger partial charge is 0.228 e. The van der Waals surface area contributed by atoms with Gasteiger partial charge in [-0.05, 0) is 31.0 Å².